The molecule has 112 valence electrons. The van der Waals surface area contributed by atoms with Gasteiger partial charge in [0.05, 0.1) is 0 Å². The molecule has 21 heavy (non-hydrogen) atoms. The Morgan fingerprint density at radius 1 is 0.667 bits per heavy atom. The molecule has 0 spiro atoms. The molecule has 2 aromatic rings. The van der Waals surface area contributed by atoms with Gasteiger partial charge in [-0.15, -0.1) is 9.81 Å². The van der Waals surface area contributed by atoms with Gasteiger partial charge in [0, 0.05) is 21.9 Å². The quantitative estimate of drug-likeness (QED) is 0.482. The number of benzene rings is 2. The zero-order valence-corrected chi connectivity index (χ0v) is 11.5. The molecule has 2 aromatic carbocycles. The topological polar surface area (TPSA) is 111 Å². The first-order chi connectivity index (χ1) is 9.69. The minimum Gasteiger partial charge on any atom is -0.735 e. The van der Waals surface area contributed by atoms with Crippen molar-refractivity contribution in [1.82, 2.24) is 0 Å². The first-order valence-electron chi connectivity index (χ1n) is 5.40. The molecule has 0 saturated heterocycles. The van der Waals surface area contributed by atoms with Crippen LogP contribution in [0.2, 0.25) is 0 Å². The minimum atomic E-state index is 0. The van der Waals surface area contributed by atoms with Crippen molar-refractivity contribution in [2.45, 2.75) is 0 Å². The number of rotatable bonds is 4. The molecule has 0 aliphatic carbocycles. The largest absolute Gasteiger partial charge is 2.00 e. The molecule has 2 rings (SSSR count). The molecule has 0 N–H and O–H groups in total. The maximum Gasteiger partial charge on any atom is 2.00 e. The normalized spacial score (nSPS) is 8.48. The van der Waals surface area contributed by atoms with Crippen LogP contribution in [-0.4, -0.2) is 0 Å². The summed E-state index contributed by atoms with van der Waals surface area (Å²) in [4.78, 5) is 19.3. The Morgan fingerprint density at radius 2 is 0.952 bits per heavy atom. The van der Waals surface area contributed by atoms with E-state index in [1.54, 1.807) is 36.4 Å². The van der Waals surface area contributed by atoms with E-state index in [4.69, 9.17) is 0 Å². The Bertz CT molecular complexity index is 480. The molecule has 0 atom stereocenters. The third-order valence-electron chi connectivity index (χ3n) is 2.10. The van der Waals surface area contributed by atoms with Crippen LogP contribution in [0.15, 0.2) is 71.2 Å². The van der Waals surface area contributed by atoms with E-state index in [0.29, 0.717) is 0 Å². The first kappa shape index (κ1) is 18.7. The molecule has 0 aliphatic rings. The molecule has 0 radical (unpaired) electrons. The van der Waals surface area contributed by atoms with E-state index in [1.165, 1.54) is 24.3 Å². The molecule has 9 heteroatoms. The first-order valence-corrected chi connectivity index (χ1v) is 5.40. The maximum atomic E-state index is 10.5. The smallest absolute Gasteiger partial charge is 0.735 e. The Kier molecular flexibility index (Phi) is 9.28. The summed E-state index contributed by atoms with van der Waals surface area (Å²) in [5.41, 5.74) is 0.495. The molecule has 0 bridgehead atoms. The zero-order chi connectivity index (χ0) is 14.8. The Balaban J connectivity index is 0.000000364. The van der Waals surface area contributed by atoms with Crippen LogP contribution in [0, 0.1) is 20.2 Å². The van der Waals surface area contributed by atoms with E-state index in [9.17, 15) is 20.2 Å². The Hall–Kier alpha value is -2.35. The average Bonchev–Trinajstić information content (AvgIpc) is 2.55. The SMILES string of the molecule is O=NN([O-])c1ccccc1.O=NN([O-])c1ccccc1.[Ni+2]. The summed E-state index contributed by atoms with van der Waals surface area (Å²) in [6, 6.07) is 16.2. The third-order valence-corrected chi connectivity index (χ3v) is 2.10. The van der Waals surface area contributed by atoms with Crippen LogP contribution in [0.3, 0.4) is 0 Å². The van der Waals surface area contributed by atoms with Crippen LogP contribution in [0.25, 0.3) is 0 Å². The van der Waals surface area contributed by atoms with Gasteiger partial charge in [-0.05, 0) is 24.3 Å². The van der Waals surface area contributed by atoms with E-state index >= 15 is 0 Å². The van der Waals surface area contributed by atoms with Crippen molar-refractivity contribution >= 4 is 11.4 Å². The number of hydrogen-bond acceptors (Lipinski definition) is 6. The fraction of sp³-hybridized carbons (Fsp3) is 0. The van der Waals surface area contributed by atoms with Crippen LogP contribution < -0.4 is 10.3 Å². The summed E-state index contributed by atoms with van der Waals surface area (Å²) in [5.74, 6) is 0. The summed E-state index contributed by atoms with van der Waals surface area (Å²) < 4.78 is 0. The van der Waals surface area contributed by atoms with Gasteiger partial charge in [-0.2, -0.15) is 0 Å². The van der Waals surface area contributed by atoms with Crippen molar-refractivity contribution < 1.29 is 16.5 Å². The molecular formula is C12H10N4NiO4. The number of anilines is 2. The molecule has 0 unspecified atom stereocenters. The summed E-state index contributed by atoms with van der Waals surface area (Å²) in [6.07, 6.45) is 0. The van der Waals surface area contributed by atoms with Crippen molar-refractivity contribution in [2.24, 2.45) is 10.6 Å². The molecule has 0 aromatic heterocycles. The van der Waals surface area contributed by atoms with Gasteiger partial charge in [-0.25, -0.2) is 0 Å². The molecule has 0 fully saturated rings. The molecule has 0 heterocycles. The van der Waals surface area contributed by atoms with Crippen LogP contribution in [0.5, 0.6) is 0 Å². The molecule has 0 aliphatic heterocycles. The monoisotopic (exact) mass is 332 g/mol. The number of para-hydroxylation sites is 2. The van der Waals surface area contributed by atoms with E-state index in [0.717, 1.165) is 0 Å². The van der Waals surface area contributed by atoms with Crippen molar-refractivity contribution in [2.75, 3.05) is 10.3 Å². The standard InChI is InChI=1S/2C6H5N2O2.Ni/c2*9-7-8(10)6-4-2-1-3-5-6;/h2*1-5H;/q2*-1;+2. The van der Waals surface area contributed by atoms with Gasteiger partial charge in [-0.3, -0.25) is 10.3 Å². The van der Waals surface area contributed by atoms with Crippen molar-refractivity contribution in [1.29, 1.82) is 0 Å². The fourth-order valence-corrected chi connectivity index (χ4v) is 1.21. The summed E-state index contributed by atoms with van der Waals surface area (Å²) in [5, 5.41) is 25.3. The predicted octanol–water partition coefficient (Wildman–Crippen LogP) is 3.34. The van der Waals surface area contributed by atoms with Crippen LogP contribution >= 0.6 is 0 Å². The second-order valence-electron chi connectivity index (χ2n) is 3.38. The predicted molar refractivity (Wildman–Crippen MR) is 76.2 cm³/mol. The number of nitrogens with zero attached hydrogens (tertiary/aromatic N) is 4. The summed E-state index contributed by atoms with van der Waals surface area (Å²) >= 11 is 0. The Labute approximate surface area is 130 Å². The van der Waals surface area contributed by atoms with Crippen LogP contribution in [0.4, 0.5) is 11.4 Å². The minimum absolute atomic E-state index is 0. The van der Waals surface area contributed by atoms with Crippen LogP contribution in [0.1, 0.15) is 0 Å². The molecule has 0 saturated carbocycles. The second-order valence-corrected chi connectivity index (χ2v) is 3.38. The van der Waals surface area contributed by atoms with E-state index in [1.807, 2.05) is 0 Å². The number of hydrogen-bond donors (Lipinski definition) is 0. The zero-order valence-electron chi connectivity index (χ0n) is 10.5. The van der Waals surface area contributed by atoms with Gasteiger partial charge in [0.1, 0.15) is 0 Å². The molecular weight excluding hydrogens is 323 g/mol. The van der Waals surface area contributed by atoms with Crippen molar-refractivity contribution in [3.05, 3.63) is 80.9 Å². The molecule has 8 nitrogen and oxygen atoms in total. The van der Waals surface area contributed by atoms with Gasteiger partial charge in [-0.1, -0.05) is 36.4 Å². The van der Waals surface area contributed by atoms with E-state index < -0.39 is 0 Å². The molecule has 0 amide bonds. The van der Waals surface area contributed by atoms with Gasteiger partial charge in [0.2, 0.25) is 0 Å². The number of nitroso groups, excluding NO2 is 2. The van der Waals surface area contributed by atoms with Gasteiger partial charge in [0.25, 0.3) is 0 Å². The van der Waals surface area contributed by atoms with Crippen molar-refractivity contribution in [3.63, 3.8) is 0 Å². The average molecular weight is 333 g/mol. The maximum absolute atomic E-state index is 10.5. The summed E-state index contributed by atoms with van der Waals surface area (Å²) in [6.45, 7) is 0. The second kappa shape index (κ2) is 10.4. The van der Waals surface area contributed by atoms with E-state index in [-0.39, 0.29) is 38.2 Å². The fourth-order valence-electron chi connectivity index (χ4n) is 1.21. The van der Waals surface area contributed by atoms with Gasteiger partial charge in [0.15, 0.2) is 0 Å². The third kappa shape index (κ3) is 6.57. The van der Waals surface area contributed by atoms with Gasteiger partial charge < -0.3 is 10.4 Å². The van der Waals surface area contributed by atoms with Crippen LogP contribution in [-0.2, 0) is 16.5 Å². The van der Waals surface area contributed by atoms with Gasteiger partial charge >= 0.3 is 16.5 Å². The summed E-state index contributed by atoms with van der Waals surface area (Å²) in [7, 11) is 0. The Morgan fingerprint density at radius 3 is 1.19 bits per heavy atom. The van der Waals surface area contributed by atoms with E-state index in [2.05, 4.69) is 10.6 Å². The van der Waals surface area contributed by atoms with Crippen molar-refractivity contribution in [3.8, 4) is 0 Å².